The quantitative estimate of drug-likeness (QED) is 0.897. The first kappa shape index (κ1) is 13.6. The van der Waals surface area contributed by atoms with E-state index in [1.807, 2.05) is 13.8 Å². The molecule has 1 aliphatic rings. The predicted octanol–water partition coefficient (Wildman–Crippen LogP) is 2.55. The van der Waals surface area contributed by atoms with Gasteiger partial charge in [-0.05, 0) is 43.9 Å². The summed E-state index contributed by atoms with van der Waals surface area (Å²) in [5, 5.41) is 6.26. The van der Waals surface area contributed by atoms with E-state index in [1.165, 1.54) is 15.6 Å². The van der Waals surface area contributed by atoms with Gasteiger partial charge in [0.15, 0.2) is 0 Å². The molecule has 4 heteroatoms. The summed E-state index contributed by atoms with van der Waals surface area (Å²) in [7, 11) is 0. The highest BCUT2D eigenvalue weighted by molar-refractivity contribution is 9.10. The van der Waals surface area contributed by atoms with Crippen molar-refractivity contribution in [3.8, 4) is 0 Å². The molecule has 1 aliphatic carbocycles. The van der Waals surface area contributed by atoms with Crippen molar-refractivity contribution in [2.75, 3.05) is 6.54 Å². The maximum absolute atomic E-state index is 11.7. The topological polar surface area (TPSA) is 41.1 Å². The molecule has 1 aromatic rings. The molecule has 3 nitrogen and oxygen atoms in total. The molecule has 2 unspecified atom stereocenters. The van der Waals surface area contributed by atoms with E-state index < -0.39 is 0 Å². The molecule has 1 amide bonds. The number of carbonyl (C=O) groups excluding carboxylic acids is 1. The molecule has 0 spiro atoms. The molecule has 18 heavy (non-hydrogen) atoms. The largest absolute Gasteiger partial charge is 0.355 e. The van der Waals surface area contributed by atoms with Gasteiger partial charge < -0.3 is 5.32 Å². The molecule has 2 atom stereocenters. The van der Waals surface area contributed by atoms with E-state index in [4.69, 9.17) is 0 Å². The lowest BCUT2D eigenvalue weighted by Gasteiger charge is -2.19. The van der Waals surface area contributed by atoms with Gasteiger partial charge in [-0.25, -0.2) is 0 Å². The molecule has 0 saturated carbocycles. The summed E-state index contributed by atoms with van der Waals surface area (Å²) in [6.07, 6.45) is 2.12. The average molecular weight is 311 g/mol. The van der Waals surface area contributed by atoms with Crippen molar-refractivity contribution in [2.24, 2.45) is 0 Å². The third-order valence-corrected chi connectivity index (χ3v) is 4.15. The van der Waals surface area contributed by atoms with E-state index in [0.29, 0.717) is 6.54 Å². The van der Waals surface area contributed by atoms with Crippen LogP contribution in [0.25, 0.3) is 0 Å². The summed E-state index contributed by atoms with van der Waals surface area (Å²) in [5.74, 6) is 0.0703. The van der Waals surface area contributed by atoms with Crippen LogP contribution in [0.4, 0.5) is 0 Å². The van der Waals surface area contributed by atoms with Crippen molar-refractivity contribution in [3.05, 3.63) is 33.8 Å². The molecule has 0 fully saturated rings. The van der Waals surface area contributed by atoms with Crippen molar-refractivity contribution < 1.29 is 4.79 Å². The van der Waals surface area contributed by atoms with Gasteiger partial charge in [0.2, 0.25) is 5.91 Å². The van der Waals surface area contributed by atoms with E-state index in [0.717, 1.165) is 12.8 Å². The molecular weight excluding hydrogens is 292 g/mol. The fourth-order valence-electron chi connectivity index (χ4n) is 2.49. The van der Waals surface area contributed by atoms with Crippen LogP contribution < -0.4 is 10.6 Å². The van der Waals surface area contributed by atoms with Gasteiger partial charge >= 0.3 is 0 Å². The molecule has 0 aromatic heterocycles. The highest BCUT2D eigenvalue weighted by Gasteiger charge is 2.26. The first-order valence-corrected chi connectivity index (χ1v) is 7.23. The van der Waals surface area contributed by atoms with Gasteiger partial charge in [-0.15, -0.1) is 0 Å². The Morgan fingerprint density at radius 1 is 1.56 bits per heavy atom. The molecule has 0 heterocycles. The van der Waals surface area contributed by atoms with Gasteiger partial charge in [0.1, 0.15) is 0 Å². The number of amides is 1. The lowest BCUT2D eigenvalue weighted by atomic mass is 10.1. The normalized spacial score (nSPS) is 19.4. The third kappa shape index (κ3) is 2.75. The predicted molar refractivity (Wildman–Crippen MR) is 76.5 cm³/mol. The Morgan fingerprint density at radius 2 is 2.33 bits per heavy atom. The molecule has 0 bridgehead atoms. The standard InChI is InChI=1S/C14H19BrN2O/c1-3-16-14(18)9(2)17-13-8-7-10-11(13)5-4-6-12(10)15/h4-6,9,13,17H,3,7-8H2,1-2H3,(H,16,18). The van der Waals surface area contributed by atoms with Gasteiger partial charge in [0.25, 0.3) is 0 Å². The Balaban J connectivity index is 2.06. The van der Waals surface area contributed by atoms with Gasteiger partial charge in [-0.1, -0.05) is 28.1 Å². The molecule has 2 rings (SSSR count). The molecule has 2 N–H and O–H groups in total. The van der Waals surface area contributed by atoms with Crippen molar-refractivity contribution in [2.45, 2.75) is 38.8 Å². The smallest absolute Gasteiger partial charge is 0.236 e. The van der Waals surface area contributed by atoms with E-state index in [2.05, 4.69) is 44.8 Å². The number of nitrogens with one attached hydrogen (secondary N) is 2. The number of halogens is 1. The zero-order chi connectivity index (χ0) is 13.1. The van der Waals surface area contributed by atoms with Crippen LogP contribution >= 0.6 is 15.9 Å². The summed E-state index contributed by atoms with van der Waals surface area (Å²) in [4.78, 5) is 11.7. The summed E-state index contributed by atoms with van der Waals surface area (Å²) >= 11 is 3.59. The van der Waals surface area contributed by atoms with E-state index >= 15 is 0 Å². The summed E-state index contributed by atoms with van der Waals surface area (Å²) in [6.45, 7) is 4.53. The minimum absolute atomic E-state index is 0.0703. The van der Waals surface area contributed by atoms with Crippen LogP contribution in [0.2, 0.25) is 0 Å². The minimum atomic E-state index is -0.153. The SMILES string of the molecule is CCNC(=O)C(C)NC1CCc2c(Br)cccc21. The lowest BCUT2D eigenvalue weighted by molar-refractivity contribution is -0.122. The second-order valence-corrected chi connectivity index (χ2v) is 5.54. The minimum Gasteiger partial charge on any atom is -0.355 e. The number of rotatable bonds is 4. The lowest BCUT2D eigenvalue weighted by Crippen LogP contribution is -2.43. The van der Waals surface area contributed by atoms with Crippen LogP contribution in [-0.2, 0) is 11.2 Å². The monoisotopic (exact) mass is 310 g/mol. The Hall–Kier alpha value is -0.870. The van der Waals surface area contributed by atoms with Crippen molar-refractivity contribution in [1.29, 1.82) is 0 Å². The van der Waals surface area contributed by atoms with Gasteiger partial charge in [0.05, 0.1) is 6.04 Å². The summed E-state index contributed by atoms with van der Waals surface area (Å²) < 4.78 is 1.18. The van der Waals surface area contributed by atoms with E-state index in [-0.39, 0.29) is 18.0 Å². The molecule has 98 valence electrons. The maximum atomic E-state index is 11.7. The van der Waals surface area contributed by atoms with Crippen LogP contribution in [0.15, 0.2) is 22.7 Å². The second kappa shape index (κ2) is 5.85. The van der Waals surface area contributed by atoms with Crippen LogP contribution in [-0.4, -0.2) is 18.5 Å². The maximum Gasteiger partial charge on any atom is 0.236 e. The van der Waals surface area contributed by atoms with Crippen molar-refractivity contribution >= 4 is 21.8 Å². The Labute approximate surface area is 116 Å². The second-order valence-electron chi connectivity index (χ2n) is 4.68. The number of likely N-dealkylation sites (N-methyl/N-ethyl adjacent to an activating group) is 1. The van der Waals surface area contributed by atoms with Crippen LogP contribution in [0.5, 0.6) is 0 Å². The number of carbonyl (C=O) groups is 1. The molecule has 0 aliphatic heterocycles. The number of benzene rings is 1. The molecule has 0 saturated heterocycles. The fourth-order valence-corrected chi connectivity index (χ4v) is 3.07. The number of fused-ring (bicyclic) bond motifs is 1. The van der Waals surface area contributed by atoms with Crippen LogP contribution in [0.3, 0.4) is 0 Å². The number of hydrogen-bond acceptors (Lipinski definition) is 2. The molecular formula is C14H19BrN2O. The number of hydrogen-bond donors (Lipinski definition) is 2. The zero-order valence-electron chi connectivity index (χ0n) is 10.8. The molecule has 0 radical (unpaired) electrons. The Bertz CT molecular complexity index is 447. The average Bonchev–Trinajstić information content (AvgIpc) is 2.74. The Morgan fingerprint density at radius 3 is 3.06 bits per heavy atom. The van der Waals surface area contributed by atoms with Gasteiger partial charge in [-0.3, -0.25) is 10.1 Å². The Kier molecular flexibility index (Phi) is 4.40. The summed E-state index contributed by atoms with van der Waals surface area (Å²) in [5.41, 5.74) is 2.69. The molecule has 1 aromatic carbocycles. The third-order valence-electron chi connectivity index (χ3n) is 3.41. The van der Waals surface area contributed by atoms with E-state index in [9.17, 15) is 4.79 Å². The zero-order valence-corrected chi connectivity index (χ0v) is 12.4. The van der Waals surface area contributed by atoms with Gasteiger partial charge in [0, 0.05) is 17.1 Å². The first-order valence-electron chi connectivity index (χ1n) is 6.44. The van der Waals surface area contributed by atoms with Gasteiger partial charge in [-0.2, -0.15) is 0 Å². The fraction of sp³-hybridized carbons (Fsp3) is 0.500. The van der Waals surface area contributed by atoms with E-state index in [1.54, 1.807) is 0 Å². The van der Waals surface area contributed by atoms with Crippen LogP contribution in [0.1, 0.15) is 37.4 Å². The summed E-state index contributed by atoms with van der Waals surface area (Å²) in [6, 6.07) is 6.42. The highest BCUT2D eigenvalue weighted by Crippen LogP contribution is 2.35. The highest BCUT2D eigenvalue weighted by atomic mass is 79.9. The van der Waals surface area contributed by atoms with Crippen LogP contribution in [0, 0.1) is 0 Å². The van der Waals surface area contributed by atoms with Crippen molar-refractivity contribution in [1.82, 2.24) is 10.6 Å². The first-order chi connectivity index (χ1) is 8.63. The van der Waals surface area contributed by atoms with Crippen molar-refractivity contribution in [3.63, 3.8) is 0 Å².